The molecule has 10 heteroatoms. The van der Waals surface area contributed by atoms with Gasteiger partial charge in [0.25, 0.3) is 5.91 Å². The quantitative estimate of drug-likeness (QED) is 0.564. The first kappa shape index (κ1) is 23.5. The Kier molecular flexibility index (Phi) is 7.66. The maximum Gasteiger partial charge on any atom is 0.272 e. The molecule has 0 aromatic carbocycles. The standard InChI is InChI=1S/C22H27N5O4S/c1-4-9-31-15-7-8-27(22(30)19-11-14(2)25-26(19)3)18(12-15)21(29)24-17(20(23)28)13-16-6-5-10-32-16/h1,5-6,10-11,15,17-18H,7-9,12-13H2,2-3H3,(H2,23,28)(H,24,29). The molecule has 2 aromatic rings. The van der Waals surface area contributed by atoms with Gasteiger partial charge in [0.2, 0.25) is 11.8 Å². The predicted molar refractivity (Wildman–Crippen MR) is 120 cm³/mol. The lowest BCUT2D eigenvalue weighted by Gasteiger charge is -2.38. The lowest BCUT2D eigenvalue weighted by molar-refractivity contribution is -0.132. The second kappa shape index (κ2) is 10.4. The van der Waals surface area contributed by atoms with Gasteiger partial charge >= 0.3 is 0 Å². The van der Waals surface area contributed by atoms with Crippen LogP contribution >= 0.6 is 11.3 Å². The summed E-state index contributed by atoms with van der Waals surface area (Å²) in [6.07, 6.45) is 6.12. The molecule has 3 heterocycles. The smallest absolute Gasteiger partial charge is 0.272 e. The lowest BCUT2D eigenvalue weighted by atomic mass is 9.97. The second-order valence-electron chi connectivity index (χ2n) is 7.72. The van der Waals surface area contributed by atoms with Gasteiger partial charge in [-0.2, -0.15) is 5.10 Å². The molecule has 3 unspecified atom stereocenters. The van der Waals surface area contributed by atoms with E-state index in [9.17, 15) is 14.4 Å². The maximum absolute atomic E-state index is 13.3. The topological polar surface area (TPSA) is 120 Å². The van der Waals surface area contributed by atoms with Gasteiger partial charge in [-0.3, -0.25) is 19.1 Å². The molecule has 3 rings (SSSR count). The fourth-order valence-corrected chi connectivity index (χ4v) is 4.57. The van der Waals surface area contributed by atoms with E-state index in [1.807, 2.05) is 17.5 Å². The molecule has 9 nitrogen and oxygen atoms in total. The molecular formula is C22H27N5O4S. The molecule has 3 N–H and O–H groups in total. The highest BCUT2D eigenvalue weighted by Crippen LogP contribution is 2.23. The van der Waals surface area contributed by atoms with Gasteiger partial charge in [0, 0.05) is 31.3 Å². The first-order chi connectivity index (χ1) is 15.3. The SMILES string of the molecule is C#CCOC1CCN(C(=O)c2cc(C)nn2C)C(C(=O)NC(Cc2cccs2)C(N)=O)C1. The van der Waals surface area contributed by atoms with Crippen LogP contribution in [-0.4, -0.2) is 63.7 Å². The molecule has 3 amide bonds. The minimum absolute atomic E-state index is 0.121. The fourth-order valence-electron chi connectivity index (χ4n) is 3.82. The van der Waals surface area contributed by atoms with Crippen LogP contribution < -0.4 is 11.1 Å². The van der Waals surface area contributed by atoms with Crippen molar-refractivity contribution in [3.63, 3.8) is 0 Å². The minimum Gasteiger partial charge on any atom is -0.368 e. The first-order valence-corrected chi connectivity index (χ1v) is 11.2. The van der Waals surface area contributed by atoms with Crippen LogP contribution in [-0.2, 0) is 27.8 Å². The van der Waals surface area contributed by atoms with Crippen molar-refractivity contribution in [3.05, 3.63) is 39.8 Å². The van der Waals surface area contributed by atoms with E-state index in [2.05, 4.69) is 16.3 Å². The number of hydrogen-bond donors (Lipinski definition) is 2. The molecule has 0 spiro atoms. The van der Waals surface area contributed by atoms with Crippen molar-refractivity contribution < 1.29 is 19.1 Å². The normalized spacial score (nSPS) is 19.2. The summed E-state index contributed by atoms with van der Waals surface area (Å²) < 4.78 is 7.15. The number of terminal acetylenes is 1. The summed E-state index contributed by atoms with van der Waals surface area (Å²) >= 11 is 1.48. The third kappa shape index (κ3) is 5.55. The largest absolute Gasteiger partial charge is 0.368 e. The summed E-state index contributed by atoms with van der Waals surface area (Å²) in [5.41, 5.74) is 6.63. The maximum atomic E-state index is 13.3. The molecule has 0 radical (unpaired) electrons. The number of rotatable bonds is 8. The molecule has 1 aliphatic heterocycles. The molecule has 32 heavy (non-hydrogen) atoms. The van der Waals surface area contributed by atoms with Crippen molar-refractivity contribution in [2.75, 3.05) is 13.2 Å². The van der Waals surface area contributed by atoms with E-state index < -0.39 is 23.9 Å². The summed E-state index contributed by atoms with van der Waals surface area (Å²) in [5.74, 6) is 1.03. The highest BCUT2D eigenvalue weighted by Gasteiger charge is 2.39. The number of nitrogens with zero attached hydrogens (tertiary/aromatic N) is 3. The Morgan fingerprint density at radius 3 is 2.84 bits per heavy atom. The third-order valence-electron chi connectivity index (χ3n) is 5.39. The zero-order chi connectivity index (χ0) is 23.3. The van der Waals surface area contributed by atoms with Gasteiger partial charge < -0.3 is 20.7 Å². The van der Waals surface area contributed by atoms with Gasteiger partial charge in [0.1, 0.15) is 24.4 Å². The van der Waals surface area contributed by atoms with E-state index in [1.165, 1.54) is 20.9 Å². The molecule has 3 atom stereocenters. The highest BCUT2D eigenvalue weighted by molar-refractivity contribution is 7.09. The Bertz CT molecular complexity index is 1010. The van der Waals surface area contributed by atoms with Crippen molar-refractivity contribution in [2.24, 2.45) is 12.8 Å². The van der Waals surface area contributed by atoms with Gasteiger partial charge in [-0.1, -0.05) is 12.0 Å². The van der Waals surface area contributed by atoms with Crippen molar-refractivity contribution in [3.8, 4) is 12.3 Å². The van der Waals surface area contributed by atoms with E-state index >= 15 is 0 Å². The number of hydrogen-bond acceptors (Lipinski definition) is 6. The van der Waals surface area contributed by atoms with Crippen molar-refractivity contribution in [2.45, 2.75) is 44.4 Å². The monoisotopic (exact) mass is 457 g/mol. The third-order valence-corrected chi connectivity index (χ3v) is 6.29. The second-order valence-corrected chi connectivity index (χ2v) is 8.75. The number of carbonyl (C=O) groups excluding carboxylic acids is 3. The summed E-state index contributed by atoms with van der Waals surface area (Å²) in [7, 11) is 1.68. The molecular weight excluding hydrogens is 430 g/mol. The number of amides is 3. The van der Waals surface area contributed by atoms with Crippen LogP contribution in [0.2, 0.25) is 0 Å². The van der Waals surface area contributed by atoms with E-state index in [-0.39, 0.29) is 31.5 Å². The first-order valence-electron chi connectivity index (χ1n) is 10.3. The van der Waals surface area contributed by atoms with Crippen molar-refractivity contribution in [1.82, 2.24) is 20.0 Å². The van der Waals surface area contributed by atoms with Crippen LogP contribution in [0.5, 0.6) is 0 Å². The zero-order valence-corrected chi connectivity index (χ0v) is 18.9. The summed E-state index contributed by atoms with van der Waals surface area (Å²) in [4.78, 5) is 41.0. The number of piperidine rings is 1. The molecule has 1 aliphatic rings. The molecule has 0 bridgehead atoms. The predicted octanol–water partition coefficient (Wildman–Crippen LogP) is 0.626. The molecule has 170 valence electrons. The fraction of sp³-hybridized carbons (Fsp3) is 0.455. The van der Waals surface area contributed by atoms with Gasteiger partial charge in [0.05, 0.1) is 11.8 Å². The Morgan fingerprint density at radius 1 is 1.47 bits per heavy atom. The summed E-state index contributed by atoms with van der Waals surface area (Å²) in [6.45, 7) is 2.22. The van der Waals surface area contributed by atoms with Gasteiger partial charge in [0.15, 0.2) is 0 Å². The van der Waals surface area contributed by atoms with Gasteiger partial charge in [-0.25, -0.2) is 0 Å². The van der Waals surface area contributed by atoms with Crippen LogP contribution in [0.3, 0.4) is 0 Å². The summed E-state index contributed by atoms with van der Waals surface area (Å²) in [5, 5.41) is 8.85. The van der Waals surface area contributed by atoms with Gasteiger partial charge in [-0.15, -0.1) is 17.8 Å². The van der Waals surface area contributed by atoms with E-state index in [1.54, 1.807) is 20.0 Å². The number of aryl methyl sites for hydroxylation is 2. The number of nitrogens with one attached hydrogen (secondary N) is 1. The van der Waals surface area contributed by atoms with Crippen LogP contribution in [0.4, 0.5) is 0 Å². The van der Waals surface area contributed by atoms with Crippen LogP contribution in [0.25, 0.3) is 0 Å². The number of ether oxygens (including phenoxy) is 1. The van der Waals surface area contributed by atoms with E-state index in [0.29, 0.717) is 24.4 Å². The van der Waals surface area contributed by atoms with Gasteiger partial charge in [-0.05, 0) is 30.9 Å². The molecule has 2 aromatic heterocycles. The van der Waals surface area contributed by atoms with E-state index in [0.717, 1.165) is 4.88 Å². The van der Waals surface area contributed by atoms with Crippen LogP contribution in [0.15, 0.2) is 23.6 Å². The number of thiophene rings is 1. The molecule has 0 saturated carbocycles. The number of carbonyl (C=O) groups is 3. The van der Waals surface area contributed by atoms with Crippen molar-refractivity contribution >= 4 is 29.1 Å². The molecule has 0 aliphatic carbocycles. The number of nitrogens with two attached hydrogens (primary N) is 1. The molecule has 1 saturated heterocycles. The van der Waals surface area contributed by atoms with Crippen LogP contribution in [0, 0.1) is 19.3 Å². The van der Waals surface area contributed by atoms with E-state index in [4.69, 9.17) is 16.9 Å². The average Bonchev–Trinajstić information content (AvgIpc) is 3.39. The highest BCUT2D eigenvalue weighted by atomic mass is 32.1. The number of likely N-dealkylation sites (tertiary alicyclic amines) is 1. The zero-order valence-electron chi connectivity index (χ0n) is 18.1. The van der Waals surface area contributed by atoms with Crippen molar-refractivity contribution in [1.29, 1.82) is 0 Å². The number of primary amides is 1. The Labute approximate surface area is 190 Å². The Morgan fingerprint density at radius 2 is 2.25 bits per heavy atom. The average molecular weight is 458 g/mol. The Balaban J connectivity index is 1.81. The Hall–Kier alpha value is -3.16. The number of aromatic nitrogens is 2. The summed E-state index contributed by atoms with van der Waals surface area (Å²) in [6, 6.07) is 3.70. The minimum atomic E-state index is -0.885. The molecule has 1 fully saturated rings. The lowest BCUT2D eigenvalue weighted by Crippen LogP contribution is -2.58. The van der Waals surface area contributed by atoms with Crippen LogP contribution in [0.1, 0.15) is 33.9 Å².